The predicted octanol–water partition coefficient (Wildman–Crippen LogP) is 18.7. The van der Waals surface area contributed by atoms with Crippen molar-refractivity contribution < 1.29 is 0 Å². The van der Waals surface area contributed by atoms with Crippen molar-refractivity contribution in [2.75, 3.05) is 0 Å². The van der Waals surface area contributed by atoms with E-state index in [0.29, 0.717) is 0 Å². The van der Waals surface area contributed by atoms with Crippen LogP contribution < -0.4 is 0 Å². The van der Waals surface area contributed by atoms with E-state index < -0.39 is 0 Å². The molecule has 14 rings (SSSR count). The van der Waals surface area contributed by atoms with E-state index in [2.05, 4.69) is 244 Å². The first kappa shape index (κ1) is 38.0. The first-order valence-corrected chi connectivity index (χ1v) is 23.6. The van der Waals surface area contributed by atoms with Crippen LogP contribution in [0.5, 0.6) is 0 Å². The Morgan fingerprint density at radius 2 is 0.657 bits per heavy atom. The first-order chi connectivity index (χ1) is 33.0. The van der Waals surface area contributed by atoms with Gasteiger partial charge in [0.25, 0.3) is 0 Å². The highest BCUT2D eigenvalue weighted by molar-refractivity contribution is 6.34. The third-order valence-corrected chi connectivity index (χ3v) is 15.2. The quantitative estimate of drug-likeness (QED) is 0.120. The van der Waals surface area contributed by atoms with E-state index in [0.717, 1.165) is 0 Å². The topological polar surface area (TPSA) is 0 Å². The molecular weight excluding hydrogens is 805 g/mol. The summed E-state index contributed by atoms with van der Waals surface area (Å²) >= 11 is 0. The fraction of sp³-hybridized carbons (Fsp3) is 0.0448. The minimum Gasteiger partial charge on any atom is -0.0622 e. The molecule has 1 aliphatic rings. The molecule has 0 aliphatic heterocycles. The zero-order chi connectivity index (χ0) is 44.4. The maximum atomic E-state index is 2.56. The molecule has 1 aliphatic carbocycles. The van der Waals surface area contributed by atoms with Gasteiger partial charge in [-0.05, 0) is 161 Å². The molecular formula is C67H44. The Balaban J connectivity index is 0.988. The molecule has 312 valence electrons. The lowest BCUT2D eigenvalue weighted by Crippen LogP contribution is -2.15. The highest BCUT2D eigenvalue weighted by Crippen LogP contribution is 2.55. The number of fused-ring (bicyclic) bond motifs is 7. The lowest BCUT2D eigenvalue weighted by molar-refractivity contribution is 0.661. The second kappa shape index (κ2) is 14.3. The molecule has 0 saturated heterocycles. The lowest BCUT2D eigenvalue weighted by Gasteiger charge is -2.24. The van der Waals surface area contributed by atoms with Gasteiger partial charge in [0.05, 0.1) is 0 Å². The van der Waals surface area contributed by atoms with E-state index >= 15 is 0 Å². The second-order valence-corrected chi connectivity index (χ2v) is 19.1. The maximum absolute atomic E-state index is 2.56. The molecule has 0 N–H and O–H groups in total. The predicted molar refractivity (Wildman–Crippen MR) is 287 cm³/mol. The van der Waals surface area contributed by atoms with Gasteiger partial charge in [0, 0.05) is 5.41 Å². The van der Waals surface area contributed by atoms with Gasteiger partial charge in [-0.25, -0.2) is 0 Å². The Labute approximate surface area is 390 Å². The summed E-state index contributed by atoms with van der Waals surface area (Å²) in [6.07, 6.45) is 0. The summed E-state index contributed by atoms with van der Waals surface area (Å²) in [5.74, 6) is 0. The fourth-order valence-electron chi connectivity index (χ4n) is 12.0. The van der Waals surface area contributed by atoms with Crippen molar-refractivity contribution in [1.29, 1.82) is 0 Å². The van der Waals surface area contributed by atoms with Crippen LogP contribution in [0.1, 0.15) is 25.0 Å². The zero-order valence-electron chi connectivity index (χ0n) is 37.4. The normalized spacial score (nSPS) is 13.0. The van der Waals surface area contributed by atoms with Crippen LogP contribution in [0.2, 0.25) is 0 Å². The van der Waals surface area contributed by atoms with Crippen molar-refractivity contribution in [3.63, 3.8) is 0 Å². The van der Waals surface area contributed by atoms with Crippen molar-refractivity contribution in [1.82, 2.24) is 0 Å². The molecule has 0 bridgehead atoms. The van der Waals surface area contributed by atoms with Gasteiger partial charge in [-0.15, -0.1) is 0 Å². The van der Waals surface area contributed by atoms with Gasteiger partial charge in [0.2, 0.25) is 0 Å². The summed E-state index contributed by atoms with van der Waals surface area (Å²) in [5, 5.41) is 15.7. The third-order valence-electron chi connectivity index (χ3n) is 15.2. The highest BCUT2D eigenvalue weighted by atomic mass is 14.4. The molecule has 67 heavy (non-hydrogen) atoms. The SMILES string of the molecule is CC1(C)c2cc(-c3ccc4c5cccc6cccc(c7cccc3c74)c65)ccc2-c2cc3c(-c4ccc(-c5ccccc5)cc4)c4ccccc4c(-c4ccc(-c5ccccc5)cc4)c3cc21. The molecule has 0 atom stereocenters. The van der Waals surface area contributed by atoms with Crippen molar-refractivity contribution in [3.8, 4) is 66.8 Å². The van der Waals surface area contributed by atoms with Crippen LogP contribution >= 0.6 is 0 Å². The monoisotopic (exact) mass is 848 g/mol. The molecule has 0 heterocycles. The van der Waals surface area contributed by atoms with Gasteiger partial charge in [0.15, 0.2) is 0 Å². The average Bonchev–Trinajstić information content (AvgIpc) is 3.61. The van der Waals surface area contributed by atoms with Crippen molar-refractivity contribution in [2.45, 2.75) is 19.3 Å². The van der Waals surface area contributed by atoms with Crippen molar-refractivity contribution in [2.24, 2.45) is 0 Å². The third kappa shape index (κ3) is 5.60. The second-order valence-electron chi connectivity index (χ2n) is 19.1. The standard InChI is InChI=1S/C67H44/c1-67(2)61-38-48(49-36-37-57-55-23-12-19-45-18-11-22-54(63(45)55)56-25-13-24-51(49)66(56)57)34-35-50(61)58-39-59-60(40-62(58)67)65(47-32-28-44(29-33-47)42-16-7-4-8-17-42)53-21-10-9-20-52(53)64(59)46-30-26-43(27-31-46)41-14-5-3-6-15-41/h3-40H,1-2H3. The zero-order valence-corrected chi connectivity index (χ0v) is 37.4. The van der Waals surface area contributed by atoms with Gasteiger partial charge >= 0.3 is 0 Å². The Hall–Kier alpha value is -8.32. The van der Waals surface area contributed by atoms with Gasteiger partial charge in [-0.2, -0.15) is 0 Å². The number of hydrogen-bond donors (Lipinski definition) is 0. The summed E-state index contributed by atoms with van der Waals surface area (Å²) in [5.41, 5.74) is 17.6. The maximum Gasteiger partial charge on any atom is 0.0159 e. The Bertz CT molecular complexity index is 4070. The van der Waals surface area contributed by atoms with Crippen LogP contribution in [0.3, 0.4) is 0 Å². The van der Waals surface area contributed by atoms with E-state index in [9.17, 15) is 0 Å². The van der Waals surface area contributed by atoms with Crippen LogP contribution in [0.15, 0.2) is 231 Å². The molecule has 0 radical (unpaired) electrons. The molecule has 0 spiro atoms. The molecule has 13 aromatic carbocycles. The van der Waals surface area contributed by atoms with Crippen molar-refractivity contribution >= 4 is 64.6 Å². The van der Waals surface area contributed by atoms with Gasteiger partial charge in [-0.3, -0.25) is 0 Å². The summed E-state index contributed by atoms with van der Waals surface area (Å²) in [4.78, 5) is 0. The van der Waals surface area contributed by atoms with E-state index in [1.54, 1.807) is 0 Å². The summed E-state index contributed by atoms with van der Waals surface area (Å²) in [6, 6.07) is 86.4. The molecule has 0 fully saturated rings. The molecule has 0 amide bonds. The van der Waals surface area contributed by atoms with E-state index in [1.807, 2.05) is 0 Å². The molecule has 0 unspecified atom stereocenters. The van der Waals surface area contributed by atoms with E-state index in [1.165, 1.54) is 143 Å². The Morgan fingerprint density at radius 3 is 1.25 bits per heavy atom. The largest absolute Gasteiger partial charge is 0.0622 e. The van der Waals surface area contributed by atoms with Crippen LogP contribution in [0.4, 0.5) is 0 Å². The minimum atomic E-state index is -0.243. The number of rotatable bonds is 5. The van der Waals surface area contributed by atoms with E-state index in [4.69, 9.17) is 0 Å². The van der Waals surface area contributed by atoms with Gasteiger partial charge in [0.1, 0.15) is 0 Å². The van der Waals surface area contributed by atoms with Crippen LogP contribution in [0.25, 0.3) is 131 Å². The van der Waals surface area contributed by atoms with Gasteiger partial charge < -0.3 is 0 Å². The summed E-state index contributed by atoms with van der Waals surface area (Å²) in [7, 11) is 0. The summed E-state index contributed by atoms with van der Waals surface area (Å²) in [6.45, 7) is 4.86. The number of hydrogen-bond acceptors (Lipinski definition) is 0. The van der Waals surface area contributed by atoms with E-state index in [-0.39, 0.29) is 5.41 Å². The van der Waals surface area contributed by atoms with Crippen molar-refractivity contribution in [3.05, 3.63) is 242 Å². The summed E-state index contributed by atoms with van der Waals surface area (Å²) < 4.78 is 0. The smallest absolute Gasteiger partial charge is 0.0159 e. The molecule has 0 saturated carbocycles. The van der Waals surface area contributed by atoms with Gasteiger partial charge in [-0.1, -0.05) is 226 Å². The molecule has 13 aromatic rings. The lowest BCUT2D eigenvalue weighted by atomic mass is 9.79. The minimum absolute atomic E-state index is 0.243. The molecule has 0 aromatic heterocycles. The molecule has 0 nitrogen and oxygen atoms in total. The fourth-order valence-corrected chi connectivity index (χ4v) is 12.0. The molecule has 0 heteroatoms. The van der Waals surface area contributed by atoms with Crippen LogP contribution in [-0.2, 0) is 5.41 Å². The first-order valence-electron chi connectivity index (χ1n) is 23.6. The average molecular weight is 849 g/mol. The van der Waals surface area contributed by atoms with Crippen LogP contribution in [-0.4, -0.2) is 0 Å². The number of benzene rings is 13. The Kier molecular flexibility index (Phi) is 8.13. The highest BCUT2D eigenvalue weighted by Gasteiger charge is 2.37. The Morgan fingerprint density at radius 1 is 0.239 bits per heavy atom. The van der Waals surface area contributed by atoms with Crippen LogP contribution in [0, 0.1) is 0 Å².